The van der Waals surface area contributed by atoms with E-state index in [9.17, 15) is 0 Å². The van der Waals surface area contributed by atoms with Crippen LogP contribution < -0.4 is 0 Å². The van der Waals surface area contributed by atoms with Gasteiger partial charge in [-0.05, 0) is 12.8 Å². The summed E-state index contributed by atoms with van der Waals surface area (Å²) in [4.78, 5) is 0. The Bertz CT molecular complexity index is 611. The molecule has 288 valence electrons. The lowest BCUT2D eigenvalue weighted by molar-refractivity contribution is -0.116. The maximum atomic E-state index is 5.89. The van der Waals surface area contributed by atoms with E-state index in [1.54, 1.807) is 0 Å². The van der Waals surface area contributed by atoms with Crippen LogP contribution in [0.25, 0.3) is 0 Å². The van der Waals surface area contributed by atoms with Crippen LogP contribution in [0.3, 0.4) is 0 Å². The Hall–Kier alpha value is -0.110. The molecule has 0 aliphatic carbocycles. The molecule has 49 heavy (non-hydrogen) atoms. The van der Waals surface area contributed by atoms with Crippen LogP contribution in [-0.2, 0) is 27.9 Å². The Morgan fingerprint density at radius 1 is 0.327 bits per heavy atom. The Labute approximate surface area is 306 Å². The van der Waals surface area contributed by atoms with Gasteiger partial charge < -0.3 is 27.9 Å². The molecule has 0 amide bonds. The van der Waals surface area contributed by atoms with Crippen LogP contribution in [0.2, 0.25) is 0 Å². The average Bonchev–Trinajstić information content (AvgIpc) is 3.12. The normalized spacial score (nSPS) is 16.3. The molecule has 2 fully saturated rings. The SMILES string of the molecule is CCCCCCCCCCCCCCCCCCOB1OCC2(CO1)COB(OCCCCCCCCCCCCCCCCCC)OC2. The zero-order valence-electron chi connectivity index (χ0n) is 33.0. The molecule has 2 heterocycles. The summed E-state index contributed by atoms with van der Waals surface area (Å²) in [6.07, 6.45) is 44.0. The van der Waals surface area contributed by atoms with Crippen LogP contribution in [0, 0.1) is 5.41 Å². The van der Waals surface area contributed by atoms with Gasteiger partial charge in [0.05, 0.1) is 5.41 Å². The summed E-state index contributed by atoms with van der Waals surface area (Å²) in [7, 11) is -1.13. The Kier molecular flexibility index (Phi) is 31.0. The molecule has 0 aromatic rings. The lowest BCUT2D eigenvalue weighted by Gasteiger charge is -2.41. The second kappa shape index (κ2) is 33.7. The van der Waals surface area contributed by atoms with E-state index in [-0.39, 0.29) is 5.41 Å². The topological polar surface area (TPSA) is 55.4 Å². The third-order valence-corrected chi connectivity index (χ3v) is 10.6. The van der Waals surface area contributed by atoms with Crippen LogP contribution in [0.15, 0.2) is 0 Å². The van der Waals surface area contributed by atoms with E-state index in [0.29, 0.717) is 39.6 Å². The molecule has 2 aliphatic heterocycles. The molecule has 1 spiro atoms. The van der Waals surface area contributed by atoms with Crippen molar-refractivity contribution in [2.24, 2.45) is 5.41 Å². The molecule has 0 bridgehead atoms. The molecule has 0 radical (unpaired) electrons. The van der Waals surface area contributed by atoms with Gasteiger partial charge in [0, 0.05) is 39.6 Å². The molecule has 2 aliphatic rings. The number of rotatable bonds is 36. The van der Waals surface area contributed by atoms with Gasteiger partial charge in [-0.25, -0.2) is 0 Å². The fourth-order valence-electron chi connectivity index (χ4n) is 7.18. The standard InChI is InChI=1S/C41H82B2O6/c1-3-5-7-9-11-13-15-17-19-21-23-25-27-29-31-33-35-44-42-46-37-41(38-47-42)39-48-43(49-40-41)45-36-34-32-30-28-26-24-22-20-18-16-14-12-10-8-6-4-2/h3-40H2,1-2H3. The first kappa shape index (κ1) is 45.0. The van der Waals surface area contributed by atoms with Gasteiger partial charge in [-0.15, -0.1) is 0 Å². The van der Waals surface area contributed by atoms with E-state index < -0.39 is 14.6 Å². The van der Waals surface area contributed by atoms with Gasteiger partial charge in [0.1, 0.15) is 0 Å². The highest BCUT2D eigenvalue weighted by Crippen LogP contribution is 2.29. The lowest BCUT2D eigenvalue weighted by atomic mass is 9.87. The van der Waals surface area contributed by atoms with Crippen LogP contribution in [0.1, 0.15) is 219 Å². The second-order valence-corrected chi connectivity index (χ2v) is 15.7. The quantitative estimate of drug-likeness (QED) is 0.0481. The molecule has 8 heteroatoms. The lowest BCUT2D eigenvalue weighted by Crippen LogP contribution is -2.55. The van der Waals surface area contributed by atoms with Gasteiger partial charge in [-0.2, -0.15) is 0 Å². The zero-order chi connectivity index (χ0) is 34.8. The predicted octanol–water partition coefficient (Wildman–Crippen LogP) is 12.6. The van der Waals surface area contributed by atoms with Gasteiger partial charge in [0.15, 0.2) is 0 Å². The summed E-state index contributed by atoms with van der Waals surface area (Å²) >= 11 is 0. The second-order valence-electron chi connectivity index (χ2n) is 15.7. The van der Waals surface area contributed by atoms with E-state index >= 15 is 0 Å². The van der Waals surface area contributed by atoms with Crippen molar-refractivity contribution in [1.82, 2.24) is 0 Å². The van der Waals surface area contributed by atoms with Crippen LogP contribution >= 0.6 is 0 Å². The Balaban J connectivity index is 1.28. The van der Waals surface area contributed by atoms with E-state index in [4.69, 9.17) is 27.9 Å². The first-order chi connectivity index (χ1) is 24.3. The number of hydrogen-bond donors (Lipinski definition) is 0. The van der Waals surface area contributed by atoms with Gasteiger partial charge in [0.2, 0.25) is 0 Å². The van der Waals surface area contributed by atoms with Crippen molar-refractivity contribution >= 4 is 14.6 Å². The monoisotopic (exact) mass is 693 g/mol. The Morgan fingerprint density at radius 3 is 0.755 bits per heavy atom. The van der Waals surface area contributed by atoms with Crippen LogP contribution in [-0.4, -0.2) is 54.3 Å². The van der Waals surface area contributed by atoms with Crippen LogP contribution in [0.4, 0.5) is 0 Å². The summed E-state index contributed by atoms with van der Waals surface area (Å²) < 4.78 is 35.2. The smallest absolute Gasteiger partial charge is 0.386 e. The highest BCUT2D eigenvalue weighted by Gasteiger charge is 2.46. The van der Waals surface area contributed by atoms with Gasteiger partial charge in [-0.1, -0.05) is 206 Å². The van der Waals surface area contributed by atoms with E-state index in [1.807, 2.05) is 0 Å². The van der Waals surface area contributed by atoms with Gasteiger partial charge in [-0.3, -0.25) is 0 Å². The Morgan fingerprint density at radius 2 is 0.531 bits per heavy atom. The molecule has 0 saturated carbocycles. The van der Waals surface area contributed by atoms with E-state index in [1.165, 1.54) is 193 Å². The maximum Gasteiger partial charge on any atom is 0.639 e. The van der Waals surface area contributed by atoms with Crippen LogP contribution in [0.5, 0.6) is 0 Å². The van der Waals surface area contributed by atoms with Crippen molar-refractivity contribution in [2.45, 2.75) is 219 Å². The molecule has 0 unspecified atom stereocenters. The molecule has 2 saturated heterocycles. The minimum atomic E-state index is -0.564. The van der Waals surface area contributed by atoms with E-state index in [0.717, 1.165) is 12.8 Å². The van der Waals surface area contributed by atoms with Crippen molar-refractivity contribution < 1.29 is 27.9 Å². The van der Waals surface area contributed by atoms with Crippen molar-refractivity contribution in [3.05, 3.63) is 0 Å². The molecule has 0 aromatic heterocycles. The summed E-state index contributed by atoms with van der Waals surface area (Å²) in [5.74, 6) is 0. The van der Waals surface area contributed by atoms with Crippen molar-refractivity contribution in [3.8, 4) is 0 Å². The molecular weight excluding hydrogens is 610 g/mol. The fourth-order valence-corrected chi connectivity index (χ4v) is 7.18. The third kappa shape index (κ3) is 26.3. The first-order valence-electron chi connectivity index (χ1n) is 22.0. The molecule has 0 N–H and O–H groups in total. The summed E-state index contributed by atoms with van der Waals surface area (Å²) in [6, 6.07) is 0. The van der Waals surface area contributed by atoms with E-state index in [2.05, 4.69) is 13.8 Å². The highest BCUT2D eigenvalue weighted by atomic mass is 16.8. The maximum absolute atomic E-state index is 5.89. The predicted molar refractivity (Wildman–Crippen MR) is 209 cm³/mol. The summed E-state index contributed by atoms with van der Waals surface area (Å²) in [5, 5.41) is 0. The largest absolute Gasteiger partial charge is 0.639 e. The number of unbranched alkanes of at least 4 members (excludes halogenated alkanes) is 30. The van der Waals surface area contributed by atoms with Crippen molar-refractivity contribution in [3.63, 3.8) is 0 Å². The van der Waals surface area contributed by atoms with Crippen molar-refractivity contribution in [2.75, 3.05) is 39.6 Å². The number of hydrogen-bond acceptors (Lipinski definition) is 6. The molecular formula is C41H82B2O6. The van der Waals surface area contributed by atoms with Gasteiger partial charge in [0.25, 0.3) is 0 Å². The molecule has 2 rings (SSSR count). The summed E-state index contributed by atoms with van der Waals surface area (Å²) in [5.41, 5.74) is -0.262. The third-order valence-electron chi connectivity index (χ3n) is 10.6. The van der Waals surface area contributed by atoms with Crippen molar-refractivity contribution in [1.29, 1.82) is 0 Å². The average molecular weight is 693 g/mol. The fraction of sp³-hybridized carbons (Fsp3) is 1.00. The first-order valence-corrected chi connectivity index (χ1v) is 22.0. The zero-order valence-corrected chi connectivity index (χ0v) is 33.0. The minimum absolute atomic E-state index is 0.262. The molecule has 0 atom stereocenters. The molecule has 6 nitrogen and oxygen atoms in total. The molecule has 0 aromatic carbocycles. The highest BCUT2D eigenvalue weighted by molar-refractivity contribution is 6.37. The summed E-state index contributed by atoms with van der Waals surface area (Å²) in [6.45, 7) is 8.09. The van der Waals surface area contributed by atoms with Gasteiger partial charge >= 0.3 is 14.6 Å². The minimum Gasteiger partial charge on any atom is -0.386 e.